The van der Waals surface area contributed by atoms with Crippen LogP contribution in [0.2, 0.25) is 0 Å². The fourth-order valence-electron chi connectivity index (χ4n) is 1.47. The predicted octanol–water partition coefficient (Wildman–Crippen LogP) is -0.436. The summed E-state index contributed by atoms with van der Waals surface area (Å²) in [7, 11) is -3.89. The topological polar surface area (TPSA) is 120 Å². The van der Waals surface area contributed by atoms with Crippen LogP contribution in [-0.2, 0) is 21.4 Å². The van der Waals surface area contributed by atoms with Gasteiger partial charge in [0.05, 0.1) is 11.9 Å². The number of rotatable bonds is 4. The standard InChI is InChI=1S/C10H11N5O3S/c11-19(17,18)9-4-2-1-3-8(9)13-10(16)7-15-6-5-12-14-15/h1-6H,7H2,(H,13,16)(H2,11,17,18). The van der Waals surface area contributed by atoms with Gasteiger partial charge in [0.25, 0.3) is 0 Å². The zero-order chi connectivity index (χ0) is 13.9. The number of primary sulfonamides is 1. The van der Waals surface area contributed by atoms with Gasteiger partial charge in [0.1, 0.15) is 11.4 Å². The number of nitrogens with zero attached hydrogens (tertiary/aromatic N) is 3. The second-order valence-electron chi connectivity index (χ2n) is 3.69. The molecule has 2 aromatic rings. The summed E-state index contributed by atoms with van der Waals surface area (Å²) in [5.74, 6) is -0.429. The zero-order valence-corrected chi connectivity index (χ0v) is 10.5. The van der Waals surface area contributed by atoms with E-state index in [0.29, 0.717) is 0 Å². The number of amides is 1. The predicted molar refractivity (Wildman–Crippen MR) is 66.5 cm³/mol. The molecule has 3 N–H and O–H groups in total. The molecule has 0 fully saturated rings. The Bertz CT molecular complexity index is 681. The monoisotopic (exact) mass is 281 g/mol. The lowest BCUT2D eigenvalue weighted by Gasteiger charge is -2.09. The molecule has 0 atom stereocenters. The molecule has 19 heavy (non-hydrogen) atoms. The van der Waals surface area contributed by atoms with Crippen LogP contribution in [0.15, 0.2) is 41.6 Å². The third-order valence-corrected chi connectivity index (χ3v) is 3.21. The summed E-state index contributed by atoms with van der Waals surface area (Å²) in [6.07, 6.45) is 2.96. The molecule has 0 aliphatic rings. The molecular formula is C10H11N5O3S. The highest BCUT2D eigenvalue weighted by atomic mass is 32.2. The molecule has 8 nitrogen and oxygen atoms in total. The van der Waals surface area contributed by atoms with Gasteiger partial charge in [-0.1, -0.05) is 17.3 Å². The Hall–Kier alpha value is -2.26. The Morgan fingerprint density at radius 1 is 1.37 bits per heavy atom. The number of hydrogen-bond donors (Lipinski definition) is 2. The van der Waals surface area contributed by atoms with Crippen molar-refractivity contribution in [3.8, 4) is 0 Å². The SMILES string of the molecule is NS(=O)(=O)c1ccccc1NC(=O)Cn1ccnn1. The summed E-state index contributed by atoms with van der Waals surface area (Å²) in [4.78, 5) is 11.6. The average Bonchev–Trinajstić information content (AvgIpc) is 2.81. The van der Waals surface area contributed by atoms with Crippen LogP contribution in [0.4, 0.5) is 5.69 Å². The minimum atomic E-state index is -3.89. The highest BCUT2D eigenvalue weighted by molar-refractivity contribution is 7.89. The molecular weight excluding hydrogens is 270 g/mol. The number of nitrogens with two attached hydrogens (primary N) is 1. The average molecular weight is 281 g/mol. The molecule has 0 unspecified atom stereocenters. The van der Waals surface area contributed by atoms with Crippen molar-refractivity contribution in [2.24, 2.45) is 5.14 Å². The van der Waals surface area contributed by atoms with Crippen molar-refractivity contribution in [3.05, 3.63) is 36.7 Å². The number of sulfonamides is 1. The van der Waals surface area contributed by atoms with Crippen molar-refractivity contribution < 1.29 is 13.2 Å². The first kappa shape index (κ1) is 13.2. The number of carbonyl (C=O) groups excluding carboxylic acids is 1. The van der Waals surface area contributed by atoms with E-state index in [9.17, 15) is 13.2 Å². The maximum absolute atomic E-state index is 11.7. The van der Waals surface area contributed by atoms with Crippen LogP contribution in [0.5, 0.6) is 0 Å². The van der Waals surface area contributed by atoms with Crippen molar-refractivity contribution in [1.82, 2.24) is 15.0 Å². The Morgan fingerprint density at radius 2 is 2.11 bits per heavy atom. The van der Waals surface area contributed by atoms with E-state index in [1.54, 1.807) is 6.07 Å². The van der Waals surface area contributed by atoms with Crippen LogP contribution in [0, 0.1) is 0 Å². The second kappa shape index (κ2) is 5.16. The first-order valence-corrected chi connectivity index (χ1v) is 6.77. The van der Waals surface area contributed by atoms with Crippen molar-refractivity contribution in [2.45, 2.75) is 11.4 Å². The highest BCUT2D eigenvalue weighted by Crippen LogP contribution is 2.19. The number of carbonyl (C=O) groups is 1. The van der Waals surface area contributed by atoms with Crippen molar-refractivity contribution in [1.29, 1.82) is 0 Å². The summed E-state index contributed by atoms with van der Waals surface area (Å²) in [5.41, 5.74) is 0.134. The van der Waals surface area contributed by atoms with Crippen LogP contribution in [0.3, 0.4) is 0 Å². The molecule has 1 heterocycles. The molecule has 0 saturated heterocycles. The number of para-hydroxylation sites is 1. The lowest BCUT2D eigenvalue weighted by Crippen LogP contribution is -2.22. The largest absolute Gasteiger partial charge is 0.323 e. The van der Waals surface area contributed by atoms with E-state index in [1.807, 2.05) is 0 Å². The number of aromatic nitrogens is 3. The van der Waals surface area contributed by atoms with E-state index in [-0.39, 0.29) is 17.1 Å². The number of benzene rings is 1. The first-order chi connectivity index (χ1) is 8.97. The normalized spacial score (nSPS) is 11.2. The van der Waals surface area contributed by atoms with Gasteiger partial charge in [-0.15, -0.1) is 5.10 Å². The van der Waals surface area contributed by atoms with E-state index in [2.05, 4.69) is 15.6 Å². The Kier molecular flexibility index (Phi) is 3.58. The molecule has 9 heteroatoms. The lowest BCUT2D eigenvalue weighted by atomic mass is 10.3. The molecule has 1 amide bonds. The fourth-order valence-corrected chi connectivity index (χ4v) is 2.17. The van der Waals surface area contributed by atoms with Crippen LogP contribution in [-0.4, -0.2) is 29.3 Å². The summed E-state index contributed by atoms with van der Waals surface area (Å²) in [6, 6.07) is 5.89. The lowest BCUT2D eigenvalue weighted by molar-refractivity contribution is -0.116. The van der Waals surface area contributed by atoms with Crippen LogP contribution in [0.25, 0.3) is 0 Å². The molecule has 0 aliphatic heterocycles. The van der Waals surface area contributed by atoms with E-state index >= 15 is 0 Å². The quantitative estimate of drug-likeness (QED) is 0.787. The van der Waals surface area contributed by atoms with Crippen LogP contribution < -0.4 is 10.5 Å². The number of hydrogen-bond acceptors (Lipinski definition) is 5. The molecule has 0 saturated carbocycles. The fraction of sp³-hybridized carbons (Fsp3) is 0.100. The van der Waals surface area contributed by atoms with Crippen molar-refractivity contribution in [2.75, 3.05) is 5.32 Å². The third-order valence-electron chi connectivity index (χ3n) is 2.25. The van der Waals surface area contributed by atoms with E-state index < -0.39 is 15.9 Å². The molecule has 0 aliphatic carbocycles. The van der Waals surface area contributed by atoms with Gasteiger partial charge in [-0.25, -0.2) is 18.2 Å². The second-order valence-corrected chi connectivity index (χ2v) is 5.22. The highest BCUT2D eigenvalue weighted by Gasteiger charge is 2.15. The maximum Gasteiger partial charge on any atom is 0.246 e. The van der Waals surface area contributed by atoms with Gasteiger partial charge in [-0.2, -0.15) is 0 Å². The van der Waals surface area contributed by atoms with Crippen LogP contribution >= 0.6 is 0 Å². The third kappa shape index (κ3) is 3.36. The van der Waals surface area contributed by atoms with Crippen molar-refractivity contribution >= 4 is 21.6 Å². The van der Waals surface area contributed by atoms with Crippen LogP contribution in [0.1, 0.15) is 0 Å². The summed E-state index contributed by atoms with van der Waals surface area (Å²) in [5, 5.41) is 14.7. The van der Waals surface area contributed by atoms with E-state index in [4.69, 9.17) is 5.14 Å². The smallest absolute Gasteiger partial charge is 0.246 e. The van der Waals surface area contributed by atoms with Gasteiger partial charge >= 0.3 is 0 Å². The molecule has 0 spiro atoms. The maximum atomic E-state index is 11.7. The first-order valence-electron chi connectivity index (χ1n) is 5.22. The number of nitrogens with one attached hydrogen (secondary N) is 1. The molecule has 0 bridgehead atoms. The minimum absolute atomic E-state index is 0.0705. The van der Waals surface area contributed by atoms with E-state index in [0.717, 1.165) is 0 Å². The summed E-state index contributed by atoms with van der Waals surface area (Å²) >= 11 is 0. The molecule has 2 rings (SSSR count). The van der Waals surface area contributed by atoms with Gasteiger partial charge in [-0.05, 0) is 12.1 Å². The van der Waals surface area contributed by atoms with Gasteiger partial charge in [0.2, 0.25) is 15.9 Å². The van der Waals surface area contributed by atoms with Gasteiger partial charge in [0, 0.05) is 6.20 Å². The minimum Gasteiger partial charge on any atom is -0.323 e. The molecule has 0 radical (unpaired) electrons. The molecule has 1 aromatic heterocycles. The van der Waals surface area contributed by atoms with Gasteiger partial charge in [-0.3, -0.25) is 4.79 Å². The Labute approximate surface area is 109 Å². The molecule has 100 valence electrons. The summed E-state index contributed by atoms with van der Waals surface area (Å²) < 4.78 is 24.0. The Morgan fingerprint density at radius 3 is 2.74 bits per heavy atom. The van der Waals surface area contributed by atoms with Gasteiger partial charge < -0.3 is 5.32 Å². The van der Waals surface area contributed by atoms with E-state index in [1.165, 1.54) is 35.3 Å². The zero-order valence-electron chi connectivity index (χ0n) is 9.72. The van der Waals surface area contributed by atoms with Gasteiger partial charge in [0.15, 0.2) is 0 Å². The van der Waals surface area contributed by atoms with Crippen molar-refractivity contribution in [3.63, 3.8) is 0 Å². The summed E-state index contributed by atoms with van der Waals surface area (Å²) in [6.45, 7) is -0.0705. The number of anilines is 1. The molecule has 1 aromatic carbocycles. The Balaban J connectivity index is 2.18.